The largest absolute Gasteiger partial charge is 0.482 e. The molecule has 30 heavy (non-hydrogen) atoms. The van der Waals surface area contributed by atoms with Crippen molar-refractivity contribution in [3.8, 4) is 28.3 Å². The zero-order valence-corrected chi connectivity index (χ0v) is 16.3. The molecule has 1 heterocycles. The summed E-state index contributed by atoms with van der Waals surface area (Å²) >= 11 is 0. The summed E-state index contributed by atoms with van der Waals surface area (Å²) in [5.74, 6) is 0.934. The van der Waals surface area contributed by atoms with Crippen LogP contribution in [0.15, 0.2) is 89.3 Å². The molecule has 0 amide bonds. The SMILES string of the molecule is O=C(O)COc1ccccc1CCc1nc(-c2ccccc2)c(-c2ccccc2)o1. The molecule has 0 saturated heterocycles. The molecule has 0 aliphatic rings. The number of rotatable bonds is 8. The van der Waals surface area contributed by atoms with Crippen LogP contribution in [-0.4, -0.2) is 22.7 Å². The van der Waals surface area contributed by atoms with Gasteiger partial charge in [-0.15, -0.1) is 0 Å². The van der Waals surface area contributed by atoms with E-state index in [0.717, 1.165) is 28.1 Å². The van der Waals surface area contributed by atoms with Crippen LogP contribution in [0.3, 0.4) is 0 Å². The maximum Gasteiger partial charge on any atom is 0.341 e. The molecule has 0 aliphatic heterocycles. The number of ether oxygens (including phenoxy) is 1. The number of carboxylic acids is 1. The van der Waals surface area contributed by atoms with E-state index in [1.807, 2.05) is 78.9 Å². The van der Waals surface area contributed by atoms with Crippen LogP contribution in [0.5, 0.6) is 5.75 Å². The van der Waals surface area contributed by atoms with E-state index < -0.39 is 5.97 Å². The fourth-order valence-corrected chi connectivity index (χ4v) is 3.28. The molecule has 150 valence electrons. The second kappa shape index (κ2) is 9.09. The normalized spacial score (nSPS) is 10.7. The van der Waals surface area contributed by atoms with Gasteiger partial charge in [0.2, 0.25) is 0 Å². The van der Waals surface area contributed by atoms with Crippen LogP contribution in [0.4, 0.5) is 0 Å². The fourth-order valence-electron chi connectivity index (χ4n) is 3.28. The summed E-state index contributed by atoms with van der Waals surface area (Å²) in [7, 11) is 0. The number of benzene rings is 3. The molecule has 0 bridgehead atoms. The molecule has 1 N–H and O–H groups in total. The molecule has 4 aromatic rings. The molecule has 0 saturated carbocycles. The van der Waals surface area contributed by atoms with Crippen LogP contribution in [0, 0.1) is 0 Å². The number of carboxylic acid groups (broad SMARTS) is 1. The Kier molecular flexibility index (Phi) is 5.90. The van der Waals surface area contributed by atoms with Crippen molar-refractivity contribution in [2.45, 2.75) is 12.8 Å². The van der Waals surface area contributed by atoms with E-state index in [0.29, 0.717) is 24.5 Å². The summed E-state index contributed by atoms with van der Waals surface area (Å²) in [6, 6.07) is 27.3. The second-order valence-corrected chi connectivity index (χ2v) is 6.81. The standard InChI is InChI=1S/C25H21NO4/c27-23(28)17-29-21-14-8-7-9-18(21)15-16-22-26-24(19-10-3-1-4-11-19)25(30-22)20-12-5-2-6-13-20/h1-14H,15-17H2,(H,27,28). The molecule has 0 aliphatic carbocycles. The fraction of sp³-hybridized carbons (Fsp3) is 0.120. The van der Waals surface area contributed by atoms with Gasteiger partial charge in [-0.3, -0.25) is 0 Å². The van der Waals surface area contributed by atoms with Crippen LogP contribution in [0.1, 0.15) is 11.5 Å². The van der Waals surface area contributed by atoms with Gasteiger partial charge in [0.25, 0.3) is 0 Å². The van der Waals surface area contributed by atoms with Gasteiger partial charge in [0.1, 0.15) is 11.4 Å². The van der Waals surface area contributed by atoms with Gasteiger partial charge in [0, 0.05) is 17.5 Å². The summed E-state index contributed by atoms with van der Waals surface area (Å²) in [5.41, 5.74) is 3.70. The minimum absolute atomic E-state index is 0.369. The van der Waals surface area contributed by atoms with E-state index in [2.05, 4.69) is 0 Å². The van der Waals surface area contributed by atoms with Crippen molar-refractivity contribution in [3.63, 3.8) is 0 Å². The van der Waals surface area contributed by atoms with Crippen molar-refractivity contribution in [1.29, 1.82) is 0 Å². The van der Waals surface area contributed by atoms with E-state index in [9.17, 15) is 4.79 Å². The predicted octanol–water partition coefficient (Wildman–Crippen LogP) is 5.26. The van der Waals surface area contributed by atoms with Crippen molar-refractivity contribution in [3.05, 3.63) is 96.4 Å². The molecule has 1 aromatic heterocycles. The second-order valence-electron chi connectivity index (χ2n) is 6.81. The van der Waals surface area contributed by atoms with Crippen LogP contribution in [0.25, 0.3) is 22.6 Å². The topological polar surface area (TPSA) is 72.6 Å². The Morgan fingerprint density at radius 3 is 2.17 bits per heavy atom. The van der Waals surface area contributed by atoms with Gasteiger partial charge in [-0.1, -0.05) is 78.9 Å². The van der Waals surface area contributed by atoms with Crippen LogP contribution >= 0.6 is 0 Å². The molecule has 4 rings (SSSR count). The Morgan fingerprint density at radius 2 is 1.47 bits per heavy atom. The first-order valence-electron chi connectivity index (χ1n) is 9.74. The van der Waals surface area contributed by atoms with Gasteiger partial charge in [0.05, 0.1) is 0 Å². The first-order chi connectivity index (χ1) is 14.7. The first-order valence-corrected chi connectivity index (χ1v) is 9.74. The number of hydrogen-bond acceptors (Lipinski definition) is 4. The van der Waals surface area contributed by atoms with E-state index in [4.69, 9.17) is 19.2 Å². The van der Waals surface area contributed by atoms with Crippen LogP contribution < -0.4 is 4.74 Å². The molecule has 3 aromatic carbocycles. The highest BCUT2D eigenvalue weighted by Crippen LogP contribution is 2.33. The number of carbonyl (C=O) groups is 1. The Morgan fingerprint density at radius 1 is 0.833 bits per heavy atom. The van der Waals surface area contributed by atoms with Crippen molar-refractivity contribution < 1.29 is 19.1 Å². The van der Waals surface area contributed by atoms with Gasteiger partial charge in [-0.05, 0) is 18.1 Å². The van der Waals surface area contributed by atoms with Crippen LogP contribution in [0.2, 0.25) is 0 Å². The monoisotopic (exact) mass is 399 g/mol. The zero-order valence-electron chi connectivity index (χ0n) is 16.3. The maximum absolute atomic E-state index is 10.8. The average Bonchev–Trinajstić information content (AvgIpc) is 3.22. The first kappa shape index (κ1) is 19.5. The lowest BCUT2D eigenvalue weighted by Gasteiger charge is -2.08. The highest BCUT2D eigenvalue weighted by Gasteiger charge is 2.17. The van der Waals surface area contributed by atoms with Gasteiger partial charge < -0.3 is 14.3 Å². The third-order valence-corrected chi connectivity index (χ3v) is 4.69. The van der Waals surface area contributed by atoms with E-state index in [1.165, 1.54) is 0 Å². The number of aliphatic carboxylic acids is 1. The summed E-state index contributed by atoms with van der Waals surface area (Å²) < 4.78 is 11.6. The molecular weight excluding hydrogens is 378 g/mol. The number of nitrogens with zero attached hydrogens (tertiary/aromatic N) is 1. The Hall–Kier alpha value is -3.86. The summed E-state index contributed by atoms with van der Waals surface area (Å²) in [6.45, 7) is -0.369. The van der Waals surface area contributed by atoms with E-state index >= 15 is 0 Å². The van der Waals surface area contributed by atoms with E-state index in [1.54, 1.807) is 6.07 Å². The quantitative estimate of drug-likeness (QED) is 0.438. The van der Waals surface area contributed by atoms with Gasteiger partial charge in [0.15, 0.2) is 18.3 Å². The summed E-state index contributed by atoms with van der Waals surface area (Å²) in [5, 5.41) is 8.87. The smallest absolute Gasteiger partial charge is 0.341 e. The van der Waals surface area contributed by atoms with Crippen molar-refractivity contribution in [2.75, 3.05) is 6.61 Å². The lowest BCUT2D eigenvalue weighted by molar-refractivity contribution is -0.139. The third kappa shape index (κ3) is 4.58. The molecule has 0 spiro atoms. The van der Waals surface area contributed by atoms with Crippen molar-refractivity contribution >= 4 is 5.97 Å². The predicted molar refractivity (Wildman–Crippen MR) is 114 cm³/mol. The number of para-hydroxylation sites is 1. The summed E-state index contributed by atoms with van der Waals surface area (Å²) in [4.78, 5) is 15.6. The third-order valence-electron chi connectivity index (χ3n) is 4.69. The van der Waals surface area contributed by atoms with Gasteiger partial charge in [-0.2, -0.15) is 0 Å². The molecule has 0 radical (unpaired) electrons. The number of hydrogen-bond donors (Lipinski definition) is 1. The minimum Gasteiger partial charge on any atom is -0.482 e. The summed E-state index contributed by atoms with van der Waals surface area (Å²) in [6.07, 6.45) is 1.19. The van der Waals surface area contributed by atoms with Crippen molar-refractivity contribution in [1.82, 2.24) is 4.98 Å². The number of aryl methyl sites for hydroxylation is 2. The molecule has 5 heteroatoms. The lowest BCUT2D eigenvalue weighted by Crippen LogP contribution is -2.10. The van der Waals surface area contributed by atoms with Gasteiger partial charge >= 0.3 is 5.97 Å². The number of oxazole rings is 1. The molecule has 0 fully saturated rings. The highest BCUT2D eigenvalue weighted by molar-refractivity contribution is 5.76. The zero-order chi connectivity index (χ0) is 20.8. The van der Waals surface area contributed by atoms with Crippen LogP contribution in [-0.2, 0) is 17.6 Å². The molecule has 0 unspecified atom stereocenters. The Labute approximate surface area is 174 Å². The maximum atomic E-state index is 10.8. The number of aromatic nitrogens is 1. The Balaban J connectivity index is 1.60. The van der Waals surface area contributed by atoms with Gasteiger partial charge in [-0.25, -0.2) is 9.78 Å². The van der Waals surface area contributed by atoms with Crippen molar-refractivity contribution in [2.24, 2.45) is 0 Å². The Bertz CT molecular complexity index is 1060. The minimum atomic E-state index is -1.00. The molecule has 0 atom stereocenters. The highest BCUT2D eigenvalue weighted by atomic mass is 16.5. The molecule has 5 nitrogen and oxygen atoms in total. The molecular formula is C25H21NO4. The lowest BCUT2D eigenvalue weighted by atomic mass is 10.1. The van der Waals surface area contributed by atoms with E-state index in [-0.39, 0.29) is 6.61 Å². The average molecular weight is 399 g/mol.